The van der Waals surface area contributed by atoms with Crippen molar-refractivity contribution in [3.63, 3.8) is 0 Å². The second-order valence-corrected chi connectivity index (χ2v) is 7.26. The fourth-order valence-electron chi connectivity index (χ4n) is 3.39. The first-order valence-electron chi connectivity index (χ1n) is 10.3. The number of amides is 3. The van der Waals surface area contributed by atoms with E-state index in [9.17, 15) is 9.59 Å². The monoisotopic (exact) mass is 395 g/mol. The number of rotatable bonds is 8. The highest BCUT2D eigenvalue weighted by Gasteiger charge is 2.14. The molecule has 3 amide bonds. The highest BCUT2D eigenvalue weighted by Crippen LogP contribution is 2.23. The molecule has 3 rings (SSSR count). The van der Waals surface area contributed by atoms with E-state index in [1.807, 2.05) is 42.5 Å². The summed E-state index contributed by atoms with van der Waals surface area (Å²) in [6.07, 6.45) is 6.31. The number of hydrogen-bond acceptors (Lipinski definition) is 3. The van der Waals surface area contributed by atoms with Crippen molar-refractivity contribution in [2.45, 2.75) is 44.8 Å². The third-order valence-electron chi connectivity index (χ3n) is 4.94. The molecule has 0 aromatic heterocycles. The Labute approximate surface area is 172 Å². The number of carbonyl (C=O) groups excluding carboxylic acids is 2. The van der Waals surface area contributed by atoms with Crippen molar-refractivity contribution in [1.82, 2.24) is 16.0 Å². The lowest BCUT2D eigenvalue weighted by atomic mass is 9.98. The standard InChI is InChI=1S/C23H29N3O3/c27-22(19-9-3-1-4-10-19)24-14-15-25-23(28)26-17-18-8-7-13-21(16-18)29-20-11-5-2-6-12-20/h1,3-4,7-10,13,16,20H,2,5-6,11-12,14-15,17H2,(H,24,27)(H2,25,26,28). The van der Waals surface area contributed by atoms with Crippen molar-refractivity contribution in [2.75, 3.05) is 13.1 Å². The molecule has 0 heterocycles. The Balaban J connectivity index is 1.34. The van der Waals surface area contributed by atoms with Gasteiger partial charge in [0.25, 0.3) is 5.91 Å². The minimum Gasteiger partial charge on any atom is -0.490 e. The highest BCUT2D eigenvalue weighted by atomic mass is 16.5. The van der Waals surface area contributed by atoms with Gasteiger partial charge in [0.15, 0.2) is 0 Å². The third kappa shape index (κ3) is 7.14. The molecule has 0 saturated heterocycles. The van der Waals surface area contributed by atoms with E-state index in [2.05, 4.69) is 16.0 Å². The van der Waals surface area contributed by atoms with E-state index < -0.39 is 0 Å². The number of urea groups is 1. The van der Waals surface area contributed by atoms with E-state index in [-0.39, 0.29) is 11.9 Å². The molecule has 2 aromatic carbocycles. The van der Waals surface area contributed by atoms with Gasteiger partial charge in [-0.25, -0.2) is 4.79 Å². The van der Waals surface area contributed by atoms with Gasteiger partial charge in [-0.15, -0.1) is 0 Å². The summed E-state index contributed by atoms with van der Waals surface area (Å²) >= 11 is 0. The van der Waals surface area contributed by atoms with Crippen LogP contribution in [0, 0.1) is 0 Å². The SMILES string of the molecule is O=C(NCCNC(=O)c1ccccc1)NCc1cccc(OC2CCCCC2)c1. The van der Waals surface area contributed by atoms with Gasteiger partial charge in [-0.2, -0.15) is 0 Å². The van der Waals surface area contributed by atoms with Crippen molar-refractivity contribution < 1.29 is 14.3 Å². The van der Waals surface area contributed by atoms with Crippen molar-refractivity contribution in [3.05, 3.63) is 65.7 Å². The largest absolute Gasteiger partial charge is 0.490 e. The molecule has 1 aliphatic rings. The molecular formula is C23H29N3O3. The maximum absolute atomic E-state index is 12.0. The zero-order chi connectivity index (χ0) is 20.3. The summed E-state index contributed by atoms with van der Waals surface area (Å²) < 4.78 is 6.07. The number of ether oxygens (including phenoxy) is 1. The summed E-state index contributed by atoms with van der Waals surface area (Å²) in [6, 6.07) is 16.6. The Morgan fingerprint density at radius 1 is 0.862 bits per heavy atom. The number of carbonyl (C=O) groups is 2. The quantitative estimate of drug-likeness (QED) is 0.597. The molecular weight excluding hydrogens is 366 g/mol. The van der Waals surface area contributed by atoms with E-state index in [1.165, 1.54) is 19.3 Å². The molecule has 154 valence electrons. The fraction of sp³-hybridized carbons (Fsp3) is 0.391. The Bertz CT molecular complexity index is 789. The first-order valence-corrected chi connectivity index (χ1v) is 10.3. The molecule has 1 saturated carbocycles. The van der Waals surface area contributed by atoms with Crippen LogP contribution < -0.4 is 20.7 Å². The van der Waals surface area contributed by atoms with Crippen molar-refractivity contribution in [1.29, 1.82) is 0 Å². The maximum atomic E-state index is 12.0. The van der Waals surface area contributed by atoms with Gasteiger partial charge in [0.2, 0.25) is 0 Å². The van der Waals surface area contributed by atoms with Crippen molar-refractivity contribution >= 4 is 11.9 Å². The molecule has 0 atom stereocenters. The number of benzene rings is 2. The Morgan fingerprint density at radius 2 is 1.62 bits per heavy atom. The van der Waals surface area contributed by atoms with Crippen LogP contribution in [0.3, 0.4) is 0 Å². The Morgan fingerprint density at radius 3 is 2.41 bits per heavy atom. The Kier molecular flexibility index (Phi) is 7.92. The predicted molar refractivity (Wildman–Crippen MR) is 113 cm³/mol. The van der Waals surface area contributed by atoms with E-state index in [0.717, 1.165) is 24.2 Å². The van der Waals surface area contributed by atoms with Crippen LogP contribution in [0.15, 0.2) is 54.6 Å². The van der Waals surface area contributed by atoms with E-state index in [4.69, 9.17) is 4.74 Å². The summed E-state index contributed by atoms with van der Waals surface area (Å²) in [6.45, 7) is 1.14. The molecule has 29 heavy (non-hydrogen) atoms. The van der Waals surface area contributed by atoms with Crippen LogP contribution in [0.1, 0.15) is 48.0 Å². The van der Waals surface area contributed by atoms with Crippen LogP contribution >= 0.6 is 0 Å². The molecule has 0 radical (unpaired) electrons. The molecule has 0 spiro atoms. The zero-order valence-electron chi connectivity index (χ0n) is 16.7. The average Bonchev–Trinajstić information content (AvgIpc) is 2.77. The van der Waals surface area contributed by atoms with Crippen molar-refractivity contribution in [2.24, 2.45) is 0 Å². The Hall–Kier alpha value is -3.02. The minimum absolute atomic E-state index is 0.150. The van der Waals surface area contributed by atoms with Gasteiger partial charge in [-0.05, 0) is 55.5 Å². The summed E-state index contributed by atoms with van der Waals surface area (Å²) in [4.78, 5) is 23.9. The van der Waals surface area contributed by atoms with Crippen LogP contribution in [-0.2, 0) is 6.54 Å². The molecule has 1 aliphatic carbocycles. The van der Waals surface area contributed by atoms with Gasteiger partial charge in [0.05, 0.1) is 6.10 Å². The fourth-order valence-corrected chi connectivity index (χ4v) is 3.39. The zero-order valence-corrected chi connectivity index (χ0v) is 16.7. The topological polar surface area (TPSA) is 79.5 Å². The molecule has 6 nitrogen and oxygen atoms in total. The predicted octanol–water partition coefficient (Wildman–Crippen LogP) is 3.63. The van der Waals surface area contributed by atoms with Crippen LogP contribution in [0.2, 0.25) is 0 Å². The first-order chi connectivity index (χ1) is 14.2. The van der Waals surface area contributed by atoms with Crippen LogP contribution in [0.4, 0.5) is 4.79 Å². The summed E-state index contributed by atoms with van der Waals surface area (Å²) in [7, 11) is 0. The van der Waals surface area contributed by atoms with Gasteiger partial charge in [-0.1, -0.05) is 36.8 Å². The lowest BCUT2D eigenvalue weighted by molar-refractivity contribution is 0.0954. The summed E-state index contributed by atoms with van der Waals surface area (Å²) in [5, 5.41) is 8.35. The first kappa shape index (κ1) is 20.7. The van der Waals surface area contributed by atoms with Crippen LogP contribution in [-0.4, -0.2) is 31.1 Å². The average molecular weight is 396 g/mol. The lowest BCUT2D eigenvalue weighted by Gasteiger charge is -2.23. The summed E-state index contributed by atoms with van der Waals surface area (Å²) in [5.74, 6) is 0.711. The van der Waals surface area contributed by atoms with Crippen LogP contribution in [0.5, 0.6) is 5.75 Å². The van der Waals surface area contributed by atoms with Gasteiger partial charge in [0.1, 0.15) is 5.75 Å². The third-order valence-corrected chi connectivity index (χ3v) is 4.94. The minimum atomic E-state index is -0.266. The molecule has 3 N–H and O–H groups in total. The maximum Gasteiger partial charge on any atom is 0.315 e. The second-order valence-electron chi connectivity index (χ2n) is 7.26. The second kappa shape index (κ2) is 11.1. The van der Waals surface area contributed by atoms with Gasteiger partial charge in [0, 0.05) is 25.2 Å². The molecule has 0 bridgehead atoms. The van der Waals surface area contributed by atoms with Gasteiger partial charge >= 0.3 is 6.03 Å². The van der Waals surface area contributed by atoms with Gasteiger partial charge < -0.3 is 20.7 Å². The van der Waals surface area contributed by atoms with E-state index in [1.54, 1.807) is 12.1 Å². The summed E-state index contributed by atoms with van der Waals surface area (Å²) in [5.41, 5.74) is 1.60. The molecule has 0 unspecified atom stereocenters. The molecule has 2 aromatic rings. The smallest absolute Gasteiger partial charge is 0.315 e. The van der Waals surface area contributed by atoms with Crippen molar-refractivity contribution in [3.8, 4) is 5.75 Å². The lowest BCUT2D eigenvalue weighted by Crippen LogP contribution is -2.40. The molecule has 1 fully saturated rings. The van der Waals surface area contributed by atoms with E-state index in [0.29, 0.717) is 31.3 Å². The van der Waals surface area contributed by atoms with Gasteiger partial charge in [-0.3, -0.25) is 4.79 Å². The van der Waals surface area contributed by atoms with E-state index >= 15 is 0 Å². The normalized spacial score (nSPS) is 14.1. The van der Waals surface area contributed by atoms with Crippen LogP contribution in [0.25, 0.3) is 0 Å². The molecule has 6 heteroatoms. The number of hydrogen-bond donors (Lipinski definition) is 3. The molecule has 0 aliphatic heterocycles. The number of nitrogens with one attached hydrogen (secondary N) is 3. The highest BCUT2D eigenvalue weighted by molar-refractivity contribution is 5.94.